The van der Waals surface area contributed by atoms with Gasteiger partial charge < -0.3 is 0 Å². The minimum absolute atomic E-state index is 0.425. The third-order valence-corrected chi connectivity index (χ3v) is 3.04. The summed E-state index contributed by atoms with van der Waals surface area (Å²) in [5.41, 5.74) is 2.93. The van der Waals surface area contributed by atoms with E-state index in [9.17, 15) is 0 Å². The van der Waals surface area contributed by atoms with Crippen LogP contribution in [0, 0.1) is 18.3 Å². The third kappa shape index (κ3) is 2.61. The van der Waals surface area contributed by atoms with Crippen LogP contribution >= 0.6 is 11.6 Å². The van der Waals surface area contributed by atoms with Gasteiger partial charge in [-0.15, -0.1) is 0 Å². The van der Waals surface area contributed by atoms with Gasteiger partial charge in [-0.25, -0.2) is 0 Å². The molecule has 1 heterocycles. The van der Waals surface area contributed by atoms with Crippen molar-refractivity contribution < 1.29 is 0 Å². The molecule has 2 rings (SSSR count). The molecule has 0 N–H and O–H groups in total. The van der Waals surface area contributed by atoms with Crippen LogP contribution in [0.1, 0.15) is 16.8 Å². The fourth-order valence-corrected chi connectivity index (χ4v) is 1.97. The molecule has 90 valence electrons. The molecule has 0 aliphatic carbocycles. The molecule has 1 aromatic heterocycles. The fraction of sp³-hybridized carbons (Fsp3) is 0.143. The highest BCUT2D eigenvalue weighted by molar-refractivity contribution is 6.49. The predicted molar refractivity (Wildman–Crippen MR) is 72.0 cm³/mol. The van der Waals surface area contributed by atoms with E-state index < -0.39 is 0 Å². The highest BCUT2D eigenvalue weighted by Crippen LogP contribution is 2.22. The van der Waals surface area contributed by atoms with Crippen LogP contribution < -0.4 is 0 Å². The van der Waals surface area contributed by atoms with Gasteiger partial charge in [-0.3, -0.25) is 4.68 Å². The number of rotatable bonds is 3. The van der Waals surface area contributed by atoms with Gasteiger partial charge in [0.15, 0.2) is 0 Å². The van der Waals surface area contributed by atoms with Gasteiger partial charge in [0, 0.05) is 17.3 Å². The van der Waals surface area contributed by atoms with Gasteiger partial charge in [-0.05, 0) is 12.5 Å². The molecule has 0 saturated carbocycles. The topological polar surface area (TPSA) is 41.6 Å². The van der Waals surface area contributed by atoms with Crippen LogP contribution in [0.25, 0.3) is 5.03 Å². The number of benzene rings is 1. The number of hydrogen-bond donors (Lipinski definition) is 0. The second kappa shape index (κ2) is 5.52. The van der Waals surface area contributed by atoms with Crippen molar-refractivity contribution in [2.75, 3.05) is 0 Å². The van der Waals surface area contributed by atoms with Crippen molar-refractivity contribution >= 4 is 16.6 Å². The van der Waals surface area contributed by atoms with Crippen molar-refractivity contribution in [1.29, 1.82) is 5.26 Å². The maximum atomic E-state index is 8.59. The van der Waals surface area contributed by atoms with E-state index in [-0.39, 0.29) is 0 Å². The summed E-state index contributed by atoms with van der Waals surface area (Å²) in [6.07, 6.45) is 3.01. The third-order valence-electron chi connectivity index (χ3n) is 2.73. The van der Waals surface area contributed by atoms with Crippen molar-refractivity contribution in [3.8, 4) is 6.07 Å². The Morgan fingerprint density at radius 1 is 1.44 bits per heavy atom. The average Bonchev–Trinajstić information content (AvgIpc) is 2.73. The van der Waals surface area contributed by atoms with E-state index in [0.717, 1.165) is 11.3 Å². The summed E-state index contributed by atoms with van der Waals surface area (Å²) in [6, 6.07) is 12.0. The number of hydrogen-bond acceptors (Lipinski definition) is 2. The zero-order valence-corrected chi connectivity index (χ0v) is 10.7. The van der Waals surface area contributed by atoms with Crippen molar-refractivity contribution in [1.82, 2.24) is 9.78 Å². The fourth-order valence-electron chi connectivity index (χ4n) is 1.73. The lowest BCUT2D eigenvalue weighted by atomic mass is 10.2. The minimum atomic E-state index is 0.425. The second-order valence-electron chi connectivity index (χ2n) is 3.91. The minimum Gasteiger partial charge on any atom is -0.265 e. The first-order chi connectivity index (χ1) is 8.72. The normalized spacial score (nSPS) is 11.3. The largest absolute Gasteiger partial charge is 0.265 e. The molecule has 0 fully saturated rings. The smallest absolute Gasteiger partial charge is 0.0927 e. The van der Waals surface area contributed by atoms with E-state index in [2.05, 4.69) is 5.10 Å². The summed E-state index contributed by atoms with van der Waals surface area (Å²) >= 11 is 6.01. The van der Waals surface area contributed by atoms with Crippen LogP contribution in [0.3, 0.4) is 0 Å². The first-order valence-corrected chi connectivity index (χ1v) is 5.92. The Labute approximate surface area is 111 Å². The van der Waals surface area contributed by atoms with Crippen LogP contribution in [0.4, 0.5) is 0 Å². The quantitative estimate of drug-likeness (QED) is 0.792. The summed E-state index contributed by atoms with van der Waals surface area (Å²) in [5, 5.41) is 13.3. The van der Waals surface area contributed by atoms with E-state index in [1.165, 1.54) is 11.6 Å². The molecule has 4 heteroatoms. The standard InChI is InChI=1S/C14H12ClN3/c1-11-13(14(15)7-8-16)9-17-18(11)10-12-5-3-2-4-6-12/h2-7,9H,10H2,1H3/b14-7-. The van der Waals surface area contributed by atoms with Crippen LogP contribution in [-0.4, -0.2) is 9.78 Å². The summed E-state index contributed by atoms with van der Waals surface area (Å²) in [6.45, 7) is 2.64. The van der Waals surface area contributed by atoms with Crippen molar-refractivity contribution in [2.45, 2.75) is 13.5 Å². The molecule has 0 bridgehead atoms. The SMILES string of the molecule is Cc1c(/C(Cl)=C/C#N)cnn1Cc1ccccc1. The summed E-state index contributed by atoms with van der Waals surface area (Å²) < 4.78 is 1.87. The first-order valence-electron chi connectivity index (χ1n) is 5.54. The molecule has 0 aliphatic heterocycles. The number of halogens is 1. The van der Waals surface area contributed by atoms with Crippen molar-refractivity contribution in [3.63, 3.8) is 0 Å². The summed E-state index contributed by atoms with van der Waals surface area (Å²) in [7, 11) is 0. The van der Waals surface area contributed by atoms with Gasteiger partial charge in [0.1, 0.15) is 0 Å². The molecule has 0 unspecified atom stereocenters. The molecule has 0 spiro atoms. The van der Waals surface area contributed by atoms with Gasteiger partial charge in [0.05, 0.1) is 23.8 Å². The lowest BCUT2D eigenvalue weighted by Gasteiger charge is -2.05. The molecule has 2 aromatic rings. The molecular formula is C14H12ClN3. The van der Waals surface area contributed by atoms with Gasteiger partial charge >= 0.3 is 0 Å². The van der Waals surface area contributed by atoms with Crippen LogP contribution in [0.15, 0.2) is 42.6 Å². The van der Waals surface area contributed by atoms with Crippen molar-refractivity contribution in [3.05, 3.63) is 59.4 Å². The van der Waals surface area contributed by atoms with Gasteiger partial charge in [-0.1, -0.05) is 41.9 Å². The van der Waals surface area contributed by atoms with E-state index in [1.807, 2.05) is 48.0 Å². The van der Waals surface area contributed by atoms with Gasteiger partial charge in [-0.2, -0.15) is 10.4 Å². The monoisotopic (exact) mass is 257 g/mol. The Morgan fingerprint density at radius 3 is 2.83 bits per heavy atom. The lowest BCUT2D eigenvalue weighted by molar-refractivity contribution is 0.665. The van der Waals surface area contributed by atoms with E-state index >= 15 is 0 Å². The Bertz CT molecular complexity index is 606. The van der Waals surface area contributed by atoms with Crippen LogP contribution in [0.5, 0.6) is 0 Å². The molecule has 3 nitrogen and oxygen atoms in total. The zero-order valence-electron chi connectivity index (χ0n) is 9.97. The average molecular weight is 258 g/mol. The van der Waals surface area contributed by atoms with E-state index in [0.29, 0.717) is 11.6 Å². The van der Waals surface area contributed by atoms with Crippen LogP contribution in [0.2, 0.25) is 0 Å². The van der Waals surface area contributed by atoms with Gasteiger partial charge in [0.25, 0.3) is 0 Å². The summed E-state index contributed by atoms with van der Waals surface area (Å²) in [5.74, 6) is 0. The molecule has 0 amide bonds. The lowest BCUT2D eigenvalue weighted by Crippen LogP contribution is -2.03. The maximum absolute atomic E-state index is 8.59. The highest BCUT2D eigenvalue weighted by Gasteiger charge is 2.09. The molecule has 0 atom stereocenters. The number of nitriles is 1. The molecule has 0 radical (unpaired) electrons. The van der Waals surface area contributed by atoms with E-state index in [4.69, 9.17) is 16.9 Å². The molecule has 1 aromatic carbocycles. The van der Waals surface area contributed by atoms with Gasteiger partial charge in [0.2, 0.25) is 0 Å². The predicted octanol–water partition coefficient (Wildman–Crippen LogP) is 3.34. The highest BCUT2D eigenvalue weighted by atomic mass is 35.5. The van der Waals surface area contributed by atoms with E-state index in [1.54, 1.807) is 6.20 Å². The molecule has 0 saturated heterocycles. The number of nitrogens with zero attached hydrogens (tertiary/aromatic N) is 3. The molecular weight excluding hydrogens is 246 g/mol. The second-order valence-corrected chi connectivity index (χ2v) is 4.32. The van der Waals surface area contributed by atoms with Crippen LogP contribution in [-0.2, 0) is 6.54 Å². The Balaban J connectivity index is 2.27. The molecule has 0 aliphatic rings. The molecule has 18 heavy (non-hydrogen) atoms. The number of aromatic nitrogens is 2. The summed E-state index contributed by atoms with van der Waals surface area (Å²) in [4.78, 5) is 0. The zero-order chi connectivity index (χ0) is 13.0. The maximum Gasteiger partial charge on any atom is 0.0927 e. The Morgan fingerprint density at radius 2 is 2.17 bits per heavy atom. The number of allylic oxidation sites excluding steroid dienone is 1. The first kappa shape index (κ1) is 12.4. The Hall–Kier alpha value is -2.05. The Kier molecular flexibility index (Phi) is 3.81. The van der Waals surface area contributed by atoms with Crippen molar-refractivity contribution in [2.24, 2.45) is 0 Å².